The molecule has 0 fully saturated rings. The zero-order valence-electron chi connectivity index (χ0n) is 15.4. The summed E-state index contributed by atoms with van der Waals surface area (Å²) < 4.78 is 40.7. The number of para-hydroxylation sites is 1. The first-order valence-electron chi connectivity index (χ1n) is 9.05. The van der Waals surface area contributed by atoms with Gasteiger partial charge in [-0.1, -0.05) is 30.3 Å². The van der Waals surface area contributed by atoms with Crippen molar-refractivity contribution < 1.29 is 13.2 Å². The summed E-state index contributed by atoms with van der Waals surface area (Å²) in [5.41, 5.74) is 2.08. The first-order chi connectivity index (χ1) is 14.5. The number of thiophene rings is 1. The standard InChI is InChI=1S/C23H13F3NS3/c24-23(25,26)17-7-4-15(5-8-17)22-27-21-16(2-1-3-19(21)30-22)13-29-18-9-6-14-10-11-28-20(14)12-18/h1-9,11-12H,13H2. The van der Waals surface area contributed by atoms with Crippen molar-refractivity contribution in [2.24, 2.45) is 0 Å². The number of alkyl halides is 3. The SMILES string of the molecule is FC(F)(F)c1ccc(-c2nc3c(CSc4ccc5[c]csc5c4)cccc3s2)cc1. The molecule has 0 amide bonds. The summed E-state index contributed by atoms with van der Waals surface area (Å²) in [6.45, 7) is 0. The number of aromatic nitrogens is 1. The first kappa shape index (κ1) is 19.6. The van der Waals surface area contributed by atoms with E-state index in [1.54, 1.807) is 23.1 Å². The smallest absolute Gasteiger partial charge is 0.236 e. The van der Waals surface area contributed by atoms with Crippen LogP contribution in [0, 0.1) is 6.07 Å². The third kappa shape index (κ3) is 3.85. The number of thioether (sulfide) groups is 1. The van der Waals surface area contributed by atoms with E-state index in [9.17, 15) is 13.2 Å². The third-order valence-electron chi connectivity index (χ3n) is 4.71. The third-order valence-corrected chi connectivity index (χ3v) is 7.65. The van der Waals surface area contributed by atoms with E-state index < -0.39 is 11.7 Å². The molecule has 0 bridgehead atoms. The van der Waals surface area contributed by atoms with Gasteiger partial charge in [-0.2, -0.15) is 13.2 Å². The maximum atomic E-state index is 12.8. The molecular formula is C23H13F3NS3. The number of hydrogen-bond acceptors (Lipinski definition) is 4. The number of fused-ring (bicyclic) bond motifs is 2. The van der Waals surface area contributed by atoms with Crippen LogP contribution < -0.4 is 0 Å². The lowest BCUT2D eigenvalue weighted by atomic mass is 10.1. The van der Waals surface area contributed by atoms with E-state index in [0.717, 1.165) is 44.1 Å². The van der Waals surface area contributed by atoms with Crippen molar-refractivity contribution in [1.29, 1.82) is 0 Å². The van der Waals surface area contributed by atoms with Gasteiger partial charge in [-0.3, -0.25) is 0 Å². The van der Waals surface area contributed by atoms with Gasteiger partial charge in [-0.15, -0.1) is 34.4 Å². The van der Waals surface area contributed by atoms with Gasteiger partial charge in [0.1, 0.15) is 5.01 Å². The highest BCUT2D eigenvalue weighted by Crippen LogP contribution is 2.36. The quantitative estimate of drug-likeness (QED) is 0.252. The second kappa shape index (κ2) is 7.72. The zero-order valence-corrected chi connectivity index (χ0v) is 17.8. The van der Waals surface area contributed by atoms with Gasteiger partial charge < -0.3 is 0 Å². The Bertz CT molecular complexity index is 1330. The van der Waals surface area contributed by atoms with E-state index in [1.165, 1.54) is 33.1 Å². The van der Waals surface area contributed by atoms with Gasteiger partial charge in [-0.25, -0.2) is 4.98 Å². The summed E-state index contributed by atoms with van der Waals surface area (Å²) >= 11 is 4.93. The summed E-state index contributed by atoms with van der Waals surface area (Å²) in [5.74, 6) is 0.772. The molecule has 0 spiro atoms. The molecule has 2 heterocycles. The number of thiazole rings is 1. The molecular weight excluding hydrogens is 443 g/mol. The van der Waals surface area contributed by atoms with E-state index >= 15 is 0 Å². The fourth-order valence-electron chi connectivity index (χ4n) is 3.17. The highest BCUT2D eigenvalue weighted by atomic mass is 32.2. The highest BCUT2D eigenvalue weighted by Gasteiger charge is 2.30. The minimum atomic E-state index is -4.33. The molecule has 0 aliphatic rings. The van der Waals surface area contributed by atoms with Crippen LogP contribution in [0.1, 0.15) is 11.1 Å². The molecule has 0 N–H and O–H groups in total. The molecule has 0 saturated carbocycles. The molecule has 3 aromatic carbocycles. The molecule has 7 heteroatoms. The van der Waals surface area contributed by atoms with Crippen LogP contribution in [0.3, 0.4) is 0 Å². The predicted octanol–water partition coefficient (Wildman–Crippen LogP) is 8.29. The molecule has 1 radical (unpaired) electrons. The minimum absolute atomic E-state index is 0.648. The van der Waals surface area contributed by atoms with Crippen LogP contribution in [0.4, 0.5) is 13.2 Å². The Labute approximate surface area is 183 Å². The molecule has 5 aromatic rings. The van der Waals surface area contributed by atoms with Crippen LogP contribution in [-0.2, 0) is 11.9 Å². The molecule has 0 saturated heterocycles. The molecule has 5 rings (SSSR count). The minimum Gasteiger partial charge on any atom is -0.236 e. The van der Waals surface area contributed by atoms with Gasteiger partial charge in [0.2, 0.25) is 0 Å². The van der Waals surface area contributed by atoms with Crippen molar-refractivity contribution in [1.82, 2.24) is 4.98 Å². The molecule has 0 unspecified atom stereocenters. The number of rotatable bonds is 4. The van der Waals surface area contributed by atoms with Crippen LogP contribution in [0.15, 0.2) is 70.9 Å². The molecule has 0 atom stereocenters. The van der Waals surface area contributed by atoms with Crippen molar-refractivity contribution in [3.05, 3.63) is 83.2 Å². The van der Waals surface area contributed by atoms with Crippen LogP contribution in [0.2, 0.25) is 0 Å². The fraction of sp³-hybridized carbons (Fsp3) is 0.0870. The topological polar surface area (TPSA) is 12.9 Å². The Hall–Kier alpha value is -2.35. The average molecular weight is 457 g/mol. The summed E-state index contributed by atoms with van der Waals surface area (Å²) in [6, 6.07) is 20.8. The van der Waals surface area contributed by atoms with Gasteiger partial charge in [0.15, 0.2) is 0 Å². The molecule has 1 nitrogen and oxygen atoms in total. The number of nitrogens with zero attached hydrogens (tertiary/aromatic N) is 1. The van der Waals surface area contributed by atoms with Gasteiger partial charge in [-0.05, 0) is 41.3 Å². The lowest BCUT2D eigenvalue weighted by Gasteiger charge is -2.06. The maximum Gasteiger partial charge on any atom is 0.416 e. The highest BCUT2D eigenvalue weighted by molar-refractivity contribution is 7.98. The van der Waals surface area contributed by atoms with E-state index in [-0.39, 0.29) is 0 Å². The Balaban J connectivity index is 1.42. The zero-order chi connectivity index (χ0) is 20.7. The van der Waals surface area contributed by atoms with E-state index in [2.05, 4.69) is 30.3 Å². The first-order valence-corrected chi connectivity index (χ1v) is 11.7. The van der Waals surface area contributed by atoms with E-state index in [4.69, 9.17) is 4.98 Å². The summed E-state index contributed by atoms with van der Waals surface area (Å²) in [5, 5.41) is 3.83. The van der Waals surface area contributed by atoms with E-state index in [1.807, 2.05) is 17.5 Å². The van der Waals surface area contributed by atoms with Crippen LogP contribution in [0.5, 0.6) is 0 Å². The second-order valence-corrected chi connectivity index (χ2v) is 9.68. The monoisotopic (exact) mass is 456 g/mol. The predicted molar refractivity (Wildman–Crippen MR) is 120 cm³/mol. The largest absolute Gasteiger partial charge is 0.416 e. The van der Waals surface area contributed by atoms with Crippen LogP contribution >= 0.6 is 34.4 Å². The van der Waals surface area contributed by atoms with Gasteiger partial charge in [0, 0.05) is 32.4 Å². The Morgan fingerprint density at radius 3 is 2.60 bits per heavy atom. The summed E-state index contributed by atoms with van der Waals surface area (Å²) in [7, 11) is 0. The second-order valence-electron chi connectivity index (χ2n) is 6.68. The lowest BCUT2D eigenvalue weighted by Crippen LogP contribution is -2.03. The lowest BCUT2D eigenvalue weighted by molar-refractivity contribution is -0.137. The van der Waals surface area contributed by atoms with Gasteiger partial charge in [0.05, 0.1) is 15.8 Å². The van der Waals surface area contributed by atoms with Gasteiger partial charge >= 0.3 is 6.18 Å². The molecule has 2 aromatic heterocycles. The molecule has 149 valence electrons. The van der Waals surface area contributed by atoms with Crippen molar-refractivity contribution in [3.63, 3.8) is 0 Å². The summed E-state index contributed by atoms with van der Waals surface area (Å²) in [6.07, 6.45) is -4.33. The van der Waals surface area contributed by atoms with Crippen LogP contribution in [0.25, 0.3) is 30.9 Å². The molecule has 30 heavy (non-hydrogen) atoms. The maximum absolute atomic E-state index is 12.8. The van der Waals surface area contributed by atoms with Crippen LogP contribution in [-0.4, -0.2) is 4.98 Å². The Morgan fingerprint density at radius 1 is 0.967 bits per heavy atom. The number of benzene rings is 3. The molecule has 0 aliphatic heterocycles. The Morgan fingerprint density at radius 2 is 1.80 bits per heavy atom. The number of hydrogen-bond donors (Lipinski definition) is 0. The van der Waals surface area contributed by atoms with Gasteiger partial charge in [0.25, 0.3) is 0 Å². The van der Waals surface area contributed by atoms with Crippen molar-refractivity contribution in [2.45, 2.75) is 16.8 Å². The average Bonchev–Trinajstić information content (AvgIpc) is 3.38. The van der Waals surface area contributed by atoms with Crippen molar-refractivity contribution in [2.75, 3.05) is 0 Å². The van der Waals surface area contributed by atoms with E-state index in [0.29, 0.717) is 5.56 Å². The van der Waals surface area contributed by atoms with Crippen molar-refractivity contribution >= 4 is 54.7 Å². The Kier molecular flexibility index (Phi) is 5.05. The summed E-state index contributed by atoms with van der Waals surface area (Å²) in [4.78, 5) is 5.94. The molecule has 0 aliphatic carbocycles. The fourth-order valence-corrected chi connectivity index (χ4v) is 5.95. The normalized spacial score (nSPS) is 12.1. The van der Waals surface area contributed by atoms with Crippen molar-refractivity contribution in [3.8, 4) is 10.6 Å². The number of halogens is 3.